The third-order valence-electron chi connectivity index (χ3n) is 3.30. The second-order valence-corrected chi connectivity index (χ2v) is 5.54. The Kier molecular flexibility index (Phi) is 6.52. The van der Waals surface area contributed by atoms with Crippen molar-refractivity contribution in [1.82, 2.24) is 5.32 Å². The number of ether oxygens (including phenoxy) is 1. The van der Waals surface area contributed by atoms with Crippen LogP contribution in [0.1, 0.15) is 18.5 Å². The maximum atomic E-state index is 12.1. The average Bonchev–Trinajstić information content (AvgIpc) is 2.54. The quantitative estimate of drug-likeness (QED) is 0.782. The topological polar surface area (TPSA) is 50.4 Å². The van der Waals surface area contributed by atoms with Gasteiger partial charge in [-0.2, -0.15) is 8.78 Å². The van der Waals surface area contributed by atoms with Gasteiger partial charge in [-0.05, 0) is 48.9 Å². The highest BCUT2D eigenvalue weighted by atomic mass is 35.5. The summed E-state index contributed by atoms with van der Waals surface area (Å²) in [4.78, 5) is 11.9. The standard InChI is InChI=1S/C17H17ClF2N2O2/c1-11(12-2-4-13(18)5-3-12)21-10-16(23)22-14-6-8-15(9-7-14)24-17(19)20/h2-9,11,17,21H,10H2,1H3,(H,22,23)/t11-/m0/s1. The van der Waals surface area contributed by atoms with Crippen molar-refractivity contribution >= 4 is 23.2 Å². The highest BCUT2D eigenvalue weighted by Crippen LogP contribution is 2.18. The molecule has 0 fully saturated rings. The van der Waals surface area contributed by atoms with Crippen LogP contribution in [0.3, 0.4) is 0 Å². The van der Waals surface area contributed by atoms with Crippen molar-refractivity contribution < 1.29 is 18.3 Å². The van der Waals surface area contributed by atoms with Crippen LogP contribution in [0.5, 0.6) is 5.75 Å². The lowest BCUT2D eigenvalue weighted by molar-refractivity contribution is -0.115. The molecule has 2 N–H and O–H groups in total. The zero-order chi connectivity index (χ0) is 17.5. The van der Waals surface area contributed by atoms with Gasteiger partial charge in [0.15, 0.2) is 0 Å². The van der Waals surface area contributed by atoms with Gasteiger partial charge in [0.05, 0.1) is 6.54 Å². The molecule has 4 nitrogen and oxygen atoms in total. The van der Waals surface area contributed by atoms with Crippen LogP contribution in [0.25, 0.3) is 0 Å². The average molecular weight is 355 g/mol. The Bertz CT molecular complexity index is 663. The number of amides is 1. The van der Waals surface area contributed by atoms with Gasteiger partial charge in [0.1, 0.15) is 5.75 Å². The molecule has 1 amide bonds. The predicted molar refractivity (Wildman–Crippen MR) is 89.6 cm³/mol. The van der Waals surface area contributed by atoms with Crippen molar-refractivity contribution in [2.75, 3.05) is 11.9 Å². The molecule has 0 bridgehead atoms. The summed E-state index contributed by atoms with van der Waals surface area (Å²) >= 11 is 5.84. The molecule has 1 atom stereocenters. The van der Waals surface area contributed by atoms with Crippen LogP contribution in [-0.4, -0.2) is 19.1 Å². The van der Waals surface area contributed by atoms with Crippen LogP contribution >= 0.6 is 11.6 Å². The number of carbonyl (C=O) groups excluding carboxylic acids is 1. The van der Waals surface area contributed by atoms with Gasteiger partial charge >= 0.3 is 6.61 Å². The molecule has 0 saturated carbocycles. The van der Waals surface area contributed by atoms with E-state index in [1.807, 2.05) is 19.1 Å². The minimum absolute atomic E-state index is 0.0187. The van der Waals surface area contributed by atoms with E-state index in [4.69, 9.17) is 11.6 Å². The van der Waals surface area contributed by atoms with Crippen LogP contribution in [0.2, 0.25) is 5.02 Å². The summed E-state index contributed by atoms with van der Waals surface area (Å²) in [6.07, 6.45) is 0. The molecule has 2 rings (SSSR count). The fourth-order valence-electron chi connectivity index (χ4n) is 2.04. The molecule has 24 heavy (non-hydrogen) atoms. The highest BCUT2D eigenvalue weighted by Gasteiger charge is 2.09. The lowest BCUT2D eigenvalue weighted by Gasteiger charge is -2.14. The molecular formula is C17H17ClF2N2O2. The van der Waals surface area contributed by atoms with Gasteiger partial charge in [-0.25, -0.2) is 0 Å². The number of alkyl halides is 2. The lowest BCUT2D eigenvalue weighted by Crippen LogP contribution is -2.30. The number of halogens is 3. The number of benzene rings is 2. The van der Waals surface area contributed by atoms with Gasteiger partial charge in [-0.15, -0.1) is 0 Å². The molecule has 0 aliphatic heterocycles. The summed E-state index contributed by atoms with van der Waals surface area (Å²) in [6.45, 7) is -0.824. The first-order valence-electron chi connectivity index (χ1n) is 7.27. The zero-order valence-electron chi connectivity index (χ0n) is 12.9. The van der Waals surface area contributed by atoms with Gasteiger partial charge in [0.2, 0.25) is 5.91 Å². The van der Waals surface area contributed by atoms with Crippen molar-refractivity contribution in [1.29, 1.82) is 0 Å². The lowest BCUT2D eigenvalue weighted by atomic mass is 10.1. The summed E-state index contributed by atoms with van der Waals surface area (Å²) in [7, 11) is 0. The van der Waals surface area contributed by atoms with E-state index in [9.17, 15) is 13.6 Å². The van der Waals surface area contributed by atoms with Gasteiger partial charge in [-0.1, -0.05) is 23.7 Å². The molecular weight excluding hydrogens is 338 g/mol. The summed E-state index contributed by atoms with van der Waals surface area (Å²) in [6, 6.07) is 13.1. The molecule has 2 aromatic rings. The largest absolute Gasteiger partial charge is 0.435 e. The summed E-state index contributed by atoms with van der Waals surface area (Å²) in [5, 5.41) is 6.43. The molecule has 0 saturated heterocycles. The van der Waals surface area contributed by atoms with Crippen molar-refractivity contribution in [3.63, 3.8) is 0 Å². The van der Waals surface area contributed by atoms with Crippen LogP contribution in [-0.2, 0) is 4.79 Å². The predicted octanol–water partition coefficient (Wildman–Crippen LogP) is 4.23. The van der Waals surface area contributed by atoms with Crippen LogP contribution in [0.15, 0.2) is 48.5 Å². The molecule has 0 spiro atoms. The number of rotatable bonds is 7. The molecule has 0 heterocycles. The Labute approximate surface area is 143 Å². The van der Waals surface area contributed by atoms with E-state index in [2.05, 4.69) is 15.4 Å². The molecule has 0 aliphatic rings. The molecule has 7 heteroatoms. The minimum Gasteiger partial charge on any atom is -0.435 e. The third kappa shape index (κ3) is 5.79. The molecule has 128 valence electrons. The fourth-order valence-corrected chi connectivity index (χ4v) is 2.17. The number of hydrogen-bond donors (Lipinski definition) is 2. The Morgan fingerprint density at radius 2 is 1.75 bits per heavy atom. The first-order chi connectivity index (χ1) is 11.4. The van der Waals surface area contributed by atoms with E-state index in [-0.39, 0.29) is 24.2 Å². The van der Waals surface area contributed by atoms with Gasteiger partial charge in [0, 0.05) is 16.8 Å². The molecule has 0 aromatic heterocycles. The maximum Gasteiger partial charge on any atom is 0.387 e. The number of nitrogens with one attached hydrogen (secondary N) is 2. The van der Waals surface area contributed by atoms with E-state index in [1.54, 1.807) is 12.1 Å². The van der Waals surface area contributed by atoms with E-state index in [0.29, 0.717) is 10.7 Å². The zero-order valence-corrected chi connectivity index (χ0v) is 13.7. The first kappa shape index (κ1) is 18.2. The Morgan fingerprint density at radius 3 is 2.33 bits per heavy atom. The van der Waals surface area contributed by atoms with Crippen molar-refractivity contribution in [2.24, 2.45) is 0 Å². The Balaban J connectivity index is 1.81. The first-order valence-corrected chi connectivity index (χ1v) is 7.65. The minimum atomic E-state index is -2.87. The second-order valence-electron chi connectivity index (χ2n) is 5.11. The Hall–Kier alpha value is -2.18. The SMILES string of the molecule is C[C@H](NCC(=O)Nc1ccc(OC(F)F)cc1)c1ccc(Cl)cc1. The second kappa shape index (κ2) is 8.61. The normalized spacial score (nSPS) is 12.0. The maximum absolute atomic E-state index is 12.1. The van der Waals surface area contributed by atoms with Crippen molar-refractivity contribution in [3.8, 4) is 5.75 Å². The van der Waals surface area contributed by atoms with E-state index in [0.717, 1.165) is 5.56 Å². The summed E-state index contributed by atoms with van der Waals surface area (Å²) in [5.41, 5.74) is 1.52. The summed E-state index contributed by atoms with van der Waals surface area (Å²) < 4.78 is 28.4. The van der Waals surface area contributed by atoms with E-state index >= 15 is 0 Å². The van der Waals surface area contributed by atoms with Crippen molar-refractivity contribution in [2.45, 2.75) is 19.6 Å². The van der Waals surface area contributed by atoms with E-state index in [1.165, 1.54) is 24.3 Å². The summed E-state index contributed by atoms with van der Waals surface area (Å²) in [5.74, 6) is -0.198. The Morgan fingerprint density at radius 1 is 1.12 bits per heavy atom. The van der Waals surface area contributed by atoms with Gasteiger partial charge in [-0.3, -0.25) is 4.79 Å². The molecule has 0 unspecified atom stereocenters. The molecule has 0 radical (unpaired) electrons. The van der Waals surface area contributed by atoms with Gasteiger partial charge in [0.25, 0.3) is 0 Å². The van der Waals surface area contributed by atoms with Crippen molar-refractivity contribution in [3.05, 3.63) is 59.1 Å². The molecule has 2 aromatic carbocycles. The smallest absolute Gasteiger partial charge is 0.387 e. The fraction of sp³-hybridized carbons (Fsp3) is 0.235. The van der Waals surface area contributed by atoms with E-state index < -0.39 is 6.61 Å². The number of hydrogen-bond acceptors (Lipinski definition) is 3. The number of anilines is 1. The molecule has 0 aliphatic carbocycles. The monoisotopic (exact) mass is 354 g/mol. The third-order valence-corrected chi connectivity index (χ3v) is 3.55. The number of carbonyl (C=O) groups is 1. The van der Waals surface area contributed by atoms with Crippen LogP contribution in [0, 0.1) is 0 Å². The van der Waals surface area contributed by atoms with Crippen LogP contribution in [0.4, 0.5) is 14.5 Å². The van der Waals surface area contributed by atoms with Gasteiger partial charge < -0.3 is 15.4 Å². The highest BCUT2D eigenvalue weighted by molar-refractivity contribution is 6.30. The van der Waals surface area contributed by atoms with Crippen LogP contribution < -0.4 is 15.4 Å².